The maximum Gasteiger partial charge on any atom is 0.307 e. The lowest BCUT2D eigenvalue weighted by molar-refractivity contribution is -0.146. The van der Waals surface area contributed by atoms with Crippen LogP contribution in [0.3, 0.4) is 0 Å². The van der Waals surface area contributed by atoms with Crippen LogP contribution in [0.5, 0.6) is 0 Å². The van der Waals surface area contributed by atoms with E-state index in [9.17, 15) is 9.90 Å². The lowest BCUT2D eigenvalue weighted by atomic mass is 9.86. The Balaban J connectivity index is 2.29. The molecule has 1 fully saturated rings. The minimum Gasteiger partial charge on any atom is -0.481 e. The van der Waals surface area contributed by atoms with Crippen molar-refractivity contribution >= 4 is 5.97 Å². The lowest BCUT2D eigenvalue weighted by Gasteiger charge is -2.29. The highest BCUT2D eigenvalue weighted by Crippen LogP contribution is 2.32. The van der Waals surface area contributed by atoms with Gasteiger partial charge in [0.15, 0.2) is 0 Å². The highest BCUT2D eigenvalue weighted by molar-refractivity contribution is 5.71. The molecular formula is C12H18N2O3. The van der Waals surface area contributed by atoms with Crippen LogP contribution < -0.4 is 0 Å². The number of hydrogen-bond donors (Lipinski definition) is 1. The molecule has 1 N–H and O–H groups in total. The van der Waals surface area contributed by atoms with E-state index in [1.807, 2.05) is 24.6 Å². The molecule has 2 rings (SSSR count). The normalized spacial score (nSPS) is 25.1. The third-order valence-electron chi connectivity index (χ3n) is 3.24. The molecule has 0 spiro atoms. The van der Waals surface area contributed by atoms with Crippen LogP contribution in [0.25, 0.3) is 0 Å². The van der Waals surface area contributed by atoms with E-state index >= 15 is 0 Å². The topological polar surface area (TPSA) is 64.4 Å². The van der Waals surface area contributed by atoms with Crippen molar-refractivity contribution in [3.8, 4) is 0 Å². The van der Waals surface area contributed by atoms with Gasteiger partial charge in [0.1, 0.15) is 0 Å². The fourth-order valence-electron chi connectivity index (χ4n) is 2.37. The molecule has 2 heterocycles. The van der Waals surface area contributed by atoms with E-state index in [4.69, 9.17) is 4.74 Å². The molecule has 0 bridgehead atoms. The first-order chi connectivity index (χ1) is 8.11. The first-order valence-electron chi connectivity index (χ1n) is 5.95. The summed E-state index contributed by atoms with van der Waals surface area (Å²) in [6.45, 7) is 5.07. The smallest absolute Gasteiger partial charge is 0.307 e. The van der Waals surface area contributed by atoms with Crippen LogP contribution in [0.1, 0.15) is 37.9 Å². The lowest BCUT2D eigenvalue weighted by Crippen LogP contribution is -2.33. The van der Waals surface area contributed by atoms with Gasteiger partial charge in [-0.15, -0.1) is 0 Å². The molecule has 0 aliphatic carbocycles. The van der Waals surface area contributed by atoms with Gasteiger partial charge in [0.25, 0.3) is 0 Å². The van der Waals surface area contributed by atoms with Crippen LogP contribution in [0.15, 0.2) is 12.3 Å². The second-order valence-electron chi connectivity index (χ2n) is 4.71. The van der Waals surface area contributed by atoms with Crippen molar-refractivity contribution in [2.45, 2.75) is 32.2 Å². The number of ether oxygens (including phenoxy) is 1. The van der Waals surface area contributed by atoms with Crippen molar-refractivity contribution in [1.82, 2.24) is 9.78 Å². The molecule has 2 atom stereocenters. The van der Waals surface area contributed by atoms with Crippen molar-refractivity contribution < 1.29 is 14.6 Å². The van der Waals surface area contributed by atoms with Crippen molar-refractivity contribution in [2.75, 3.05) is 13.2 Å². The first-order valence-corrected chi connectivity index (χ1v) is 5.95. The van der Waals surface area contributed by atoms with Gasteiger partial charge in [-0.2, -0.15) is 5.10 Å². The standard InChI is InChI=1S/C12H18N2O3/c1-8(2)14-11(3-5-13-14)10-7-17-6-4-9(10)12(15)16/h3,5,8-10H,4,6-7H2,1-2H3,(H,15,16)/t9-,10+/m1/s1. The summed E-state index contributed by atoms with van der Waals surface area (Å²) >= 11 is 0. The monoisotopic (exact) mass is 238 g/mol. The predicted molar refractivity (Wildman–Crippen MR) is 61.9 cm³/mol. The van der Waals surface area contributed by atoms with Gasteiger partial charge in [-0.1, -0.05) is 0 Å². The van der Waals surface area contributed by atoms with E-state index < -0.39 is 5.97 Å². The van der Waals surface area contributed by atoms with Gasteiger partial charge in [0.05, 0.1) is 12.5 Å². The minimum absolute atomic E-state index is 0.0915. The second kappa shape index (κ2) is 4.87. The summed E-state index contributed by atoms with van der Waals surface area (Å²) in [5, 5.41) is 13.5. The summed E-state index contributed by atoms with van der Waals surface area (Å²) in [6, 6.07) is 2.13. The van der Waals surface area contributed by atoms with Crippen LogP contribution in [0, 0.1) is 5.92 Å². The Bertz CT molecular complexity index is 400. The molecule has 1 aliphatic heterocycles. The summed E-state index contributed by atoms with van der Waals surface area (Å²) < 4.78 is 7.30. The fourth-order valence-corrected chi connectivity index (χ4v) is 2.37. The van der Waals surface area contributed by atoms with Crippen LogP contribution >= 0.6 is 0 Å². The average Bonchev–Trinajstić information content (AvgIpc) is 2.77. The Labute approximate surface area is 100 Å². The zero-order chi connectivity index (χ0) is 12.4. The number of aromatic nitrogens is 2. The van der Waals surface area contributed by atoms with Crippen molar-refractivity contribution in [3.05, 3.63) is 18.0 Å². The van der Waals surface area contributed by atoms with E-state index in [0.717, 1.165) is 5.69 Å². The first kappa shape index (κ1) is 12.1. The molecule has 0 aromatic carbocycles. The van der Waals surface area contributed by atoms with Gasteiger partial charge in [-0.05, 0) is 26.3 Å². The van der Waals surface area contributed by atoms with Crippen LogP contribution in [0.4, 0.5) is 0 Å². The zero-order valence-corrected chi connectivity index (χ0v) is 10.2. The van der Waals surface area contributed by atoms with Crippen molar-refractivity contribution in [1.29, 1.82) is 0 Å². The Morgan fingerprint density at radius 3 is 3.06 bits per heavy atom. The molecule has 17 heavy (non-hydrogen) atoms. The third kappa shape index (κ3) is 2.34. The largest absolute Gasteiger partial charge is 0.481 e. The van der Waals surface area contributed by atoms with Gasteiger partial charge in [-0.25, -0.2) is 0 Å². The quantitative estimate of drug-likeness (QED) is 0.870. The molecule has 1 aromatic heterocycles. The predicted octanol–water partition coefficient (Wildman–Crippen LogP) is 1.67. The summed E-state index contributed by atoms with van der Waals surface area (Å²) in [6.07, 6.45) is 2.30. The molecule has 5 nitrogen and oxygen atoms in total. The molecule has 1 aliphatic rings. The number of rotatable bonds is 3. The second-order valence-corrected chi connectivity index (χ2v) is 4.71. The van der Waals surface area contributed by atoms with Gasteiger partial charge >= 0.3 is 5.97 Å². The molecule has 1 saturated heterocycles. The number of aliphatic carboxylic acids is 1. The highest BCUT2D eigenvalue weighted by atomic mass is 16.5. The minimum atomic E-state index is -0.741. The molecule has 1 aromatic rings. The summed E-state index contributed by atoms with van der Waals surface area (Å²) in [4.78, 5) is 11.3. The molecule has 0 radical (unpaired) electrons. The van der Waals surface area contributed by atoms with Gasteiger partial charge < -0.3 is 9.84 Å². The Morgan fingerprint density at radius 1 is 1.65 bits per heavy atom. The Morgan fingerprint density at radius 2 is 2.41 bits per heavy atom. The summed E-state index contributed by atoms with van der Waals surface area (Å²) in [7, 11) is 0. The van der Waals surface area contributed by atoms with E-state index in [2.05, 4.69) is 5.10 Å². The van der Waals surface area contributed by atoms with E-state index in [1.165, 1.54) is 0 Å². The maximum atomic E-state index is 11.3. The highest BCUT2D eigenvalue weighted by Gasteiger charge is 2.34. The molecule has 5 heteroatoms. The number of carbonyl (C=O) groups is 1. The Hall–Kier alpha value is -1.36. The van der Waals surface area contributed by atoms with Crippen LogP contribution in [-0.4, -0.2) is 34.1 Å². The Kier molecular flexibility index (Phi) is 3.47. The third-order valence-corrected chi connectivity index (χ3v) is 3.24. The molecular weight excluding hydrogens is 220 g/mol. The van der Waals surface area contributed by atoms with Crippen molar-refractivity contribution in [2.24, 2.45) is 5.92 Å². The van der Waals surface area contributed by atoms with E-state index in [-0.39, 0.29) is 17.9 Å². The summed E-state index contributed by atoms with van der Waals surface area (Å²) in [5.41, 5.74) is 0.965. The van der Waals surface area contributed by atoms with Gasteiger partial charge in [0, 0.05) is 30.5 Å². The number of nitrogens with zero attached hydrogens (tertiary/aromatic N) is 2. The summed E-state index contributed by atoms with van der Waals surface area (Å²) in [5.74, 6) is -1.20. The van der Waals surface area contributed by atoms with Crippen LogP contribution in [-0.2, 0) is 9.53 Å². The van der Waals surface area contributed by atoms with Crippen LogP contribution in [0.2, 0.25) is 0 Å². The average molecular weight is 238 g/mol. The fraction of sp³-hybridized carbons (Fsp3) is 0.667. The molecule has 94 valence electrons. The van der Waals surface area contributed by atoms with Crippen molar-refractivity contribution in [3.63, 3.8) is 0 Å². The molecule has 0 amide bonds. The van der Waals surface area contributed by atoms with E-state index in [1.54, 1.807) is 6.20 Å². The number of carboxylic acid groups (broad SMARTS) is 1. The zero-order valence-electron chi connectivity index (χ0n) is 10.2. The number of hydrogen-bond acceptors (Lipinski definition) is 3. The molecule has 0 saturated carbocycles. The number of carboxylic acids is 1. The SMILES string of the molecule is CC(C)n1nccc1[C@H]1COCC[C@H]1C(=O)O. The molecule has 0 unspecified atom stereocenters. The maximum absolute atomic E-state index is 11.3. The van der Waals surface area contributed by atoms with Gasteiger partial charge in [0.2, 0.25) is 0 Å². The van der Waals surface area contributed by atoms with Gasteiger partial charge in [-0.3, -0.25) is 9.48 Å². The van der Waals surface area contributed by atoms with E-state index in [0.29, 0.717) is 19.6 Å².